The van der Waals surface area contributed by atoms with Crippen molar-refractivity contribution in [2.75, 3.05) is 19.5 Å². The number of nitrogens with one attached hydrogen (secondary N) is 1. The van der Waals surface area contributed by atoms with Gasteiger partial charge in [-0.2, -0.15) is 5.10 Å². The molecule has 7 nitrogen and oxygen atoms in total. The Balaban J connectivity index is 1.72. The van der Waals surface area contributed by atoms with Gasteiger partial charge in [0.25, 0.3) is 0 Å². The average molecular weight is 399 g/mol. The van der Waals surface area contributed by atoms with Crippen molar-refractivity contribution in [1.82, 2.24) is 5.32 Å². The van der Waals surface area contributed by atoms with E-state index in [0.717, 1.165) is 16.9 Å². The van der Waals surface area contributed by atoms with Crippen LogP contribution in [0.15, 0.2) is 52.7 Å². The zero-order chi connectivity index (χ0) is 19.8. The lowest BCUT2D eigenvalue weighted by molar-refractivity contribution is -0.116. The minimum absolute atomic E-state index is 0.0600. The number of amides is 1. The molecule has 1 aliphatic heterocycles. The molecule has 1 amide bonds. The van der Waals surface area contributed by atoms with Crippen LogP contribution in [0, 0.1) is 0 Å². The number of carbonyl (C=O) groups is 1. The predicted octanol–water partition coefficient (Wildman–Crippen LogP) is 3.23. The van der Waals surface area contributed by atoms with Crippen LogP contribution >= 0.6 is 11.8 Å². The molecule has 2 aromatic rings. The summed E-state index contributed by atoms with van der Waals surface area (Å²) < 4.78 is 17.0. The molecule has 0 spiro atoms. The maximum absolute atomic E-state index is 11.2. The van der Waals surface area contributed by atoms with E-state index in [1.807, 2.05) is 49.4 Å². The molecule has 0 radical (unpaired) electrons. The summed E-state index contributed by atoms with van der Waals surface area (Å²) in [5, 5.41) is 11.2. The van der Waals surface area contributed by atoms with Crippen LogP contribution in [0.3, 0.4) is 0 Å². The highest BCUT2D eigenvalue weighted by molar-refractivity contribution is 8.15. The molecule has 28 heavy (non-hydrogen) atoms. The van der Waals surface area contributed by atoms with Gasteiger partial charge in [-0.1, -0.05) is 23.9 Å². The van der Waals surface area contributed by atoms with Gasteiger partial charge in [0.2, 0.25) is 5.91 Å². The van der Waals surface area contributed by atoms with Crippen molar-refractivity contribution in [1.29, 1.82) is 0 Å². The van der Waals surface area contributed by atoms with E-state index in [-0.39, 0.29) is 5.91 Å². The molecule has 146 valence electrons. The summed E-state index contributed by atoms with van der Waals surface area (Å²) in [6.07, 6.45) is 1.62. The first-order valence-electron chi connectivity index (χ1n) is 8.74. The Morgan fingerprint density at radius 3 is 2.61 bits per heavy atom. The van der Waals surface area contributed by atoms with Crippen molar-refractivity contribution >= 4 is 29.1 Å². The third kappa shape index (κ3) is 5.26. The lowest BCUT2D eigenvalue weighted by Gasteiger charge is -2.13. The number of hydrogen-bond donors (Lipinski definition) is 1. The van der Waals surface area contributed by atoms with Gasteiger partial charge >= 0.3 is 0 Å². The van der Waals surface area contributed by atoms with Crippen LogP contribution in [0.4, 0.5) is 0 Å². The molecule has 0 atom stereocenters. The van der Waals surface area contributed by atoms with Gasteiger partial charge in [-0.3, -0.25) is 4.79 Å². The van der Waals surface area contributed by atoms with Gasteiger partial charge in [-0.05, 0) is 42.8 Å². The Labute approximate surface area is 167 Å². The summed E-state index contributed by atoms with van der Waals surface area (Å²) in [6, 6.07) is 13.2. The number of rotatable bonds is 8. The van der Waals surface area contributed by atoms with Gasteiger partial charge in [0, 0.05) is 5.56 Å². The first kappa shape index (κ1) is 19.8. The molecule has 0 aliphatic carbocycles. The number of amidine groups is 1. The predicted molar refractivity (Wildman–Crippen MR) is 111 cm³/mol. The summed E-state index contributed by atoms with van der Waals surface area (Å²) in [4.78, 5) is 11.2. The Morgan fingerprint density at radius 1 is 1.14 bits per heavy atom. The smallest absolute Gasteiger partial charge is 0.236 e. The fraction of sp³-hybridized carbons (Fsp3) is 0.250. The number of benzene rings is 2. The summed E-state index contributed by atoms with van der Waals surface area (Å²) in [7, 11) is 1.62. The molecule has 0 saturated carbocycles. The van der Waals surface area contributed by atoms with E-state index in [9.17, 15) is 4.79 Å². The molecule has 0 bridgehead atoms. The third-order valence-corrected chi connectivity index (χ3v) is 4.64. The lowest BCUT2D eigenvalue weighted by Crippen LogP contribution is -2.19. The van der Waals surface area contributed by atoms with Gasteiger partial charge in [0.05, 0.1) is 25.7 Å². The minimum atomic E-state index is -0.0600. The van der Waals surface area contributed by atoms with E-state index in [4.69, 9.17) is 14.2 Å². The van der Waals surface area contributed by atoms with Gasteiger partial charge in [-0.15, -0.1) is 5.10 Å². The molecule has 1 N–H and O–H groups in total. The highest BCUT2D eigenvalue weighted by Gasteiger charge is 2.16. The monoisotopic (exact) mass is 399 g/mol. The van der Waals surface area contributed by atoms with Crippen LogP contribution in [0.5, 0.6) is 17.2 Å². The average Bonchev–Trinajstić information content (AvgIpc) is 3.13. The van der Waals surface area contributed by atoms with Crippen molar-refractivity contribution in [2.45, 2.75) is 13.5 Å². The molecule has 1 aliphatic rings. The maximum atomic E-state index is 11.2. The lowest BCUT2D eigenvalue weighted by atomic mass is 10.1. The number of nitrogens with zero attached hydrogens (tertiary/aromatic N) is 2. The first-order chi connectivity index (χ1) is 13.7. The van der Waals surface area contributed by atoms with Gasteiger partial charge in [0.1, 0.15) is 12.4 Å². The molecular formula is C20H21N3O4S. The molecule has 1 fully saturated rings. The van der Waals surface area contributed by atoms with Gasteiger partial charge < -0.3 is 19.5 Å². The van der Waals surface area contributed by atoms with Crippen molar-refractivity contribution in [3.63, 3.8) is 0 Å². The zero-order valence-corrected chi connectivity index (χ0v) is 16.5. The highest BCUT2D eigenvalue weighted by atomic mass is 32.2. The SMILES string of the molecule is CCOc1ccccc1OCc1cc(C=NN=C2NC(=O)CS2)ccc1OC. The van der Waals surface area contributed by atoms with Crippen molar-refractivity contribution in [2.24, 2.45) is 10.2 Å². The van der Waals surface area contributed by atoms with Crippen LogP contribution in [0.25, 0.3) is 0 Å². The van der Waals surface area contributed by atoms with Crippen LogP contribution in [-0.2, 0) is 11.4 Å². The van der Waals surface area contributed by atoms with E-state index in [1.165, 1.54) is 11.8 Å². The van der Waals surface area contributed by atoms with Gasteiger partial charge in [-0.25, -0.2) is 0 Å². The quantitative estimate of drug-likeness (QED) is 0.544. The number of para-hydroxylation sites is 2. The maximum Gasteiger partial charge on any atom is 0.236 e. The van der Waals surface area contributed by atoms with Crippen LogP contribution < -0.4 is 19.5 Å². The second-order valence-electron chi connectivity index (χ2n) is 5.73. The summed E-state index contributed by atoms with van der Waals surface area (Å²) in [6.45, 7) is 2.81. The standard InChI is InChI=1S/C20H21N3O4S/c1-3-26-17-6-4-5-7-18(17)27-12-15-10-14(8-9-16(15)25-2)11-21-23-20-22-19(24)13-28-20/h4-11H,3,12-13H2,1-2H3,(H,22,23,24). The van der Waals surface area contributed by atoms with Crippen LogP contribution in [-0.4, -0.2) is 36.8 Å². The van der Waals surface area contributed by atoms with E-state index >= 15 is 0 Å². The van der Waals surface area contributed by atoms with E-state index in [2.05, 4.69) is 15.5 Å². The van der Waals surface area contributed by atoms with Gasteiger partial charge in [0.15, 0.2) is 16.7 Å². The van der Waals surface area contributed by atoms with Crippen LogP contribution in [0.1, 0.15) is 18.1 Å². The highest BCUT2D eigenvalue weighted by Crippen LogP contribution is 2.29. The Morgan fingerprint density at radius 2 is 1.93 bits per heavy atom. The minimum Gasteiger partial charge on any atom is -0.496 e. The summed E-state index contributed by atoms with van der Waals surface area (Å²) in [5.41, 5.74) is 1.71. The fourth-order valence-corrected chi connectivity index (χ4v) is 3.15. The number of methoxy groups -OCH3 is 1. The number of thioether (sulfide) groups is 1. The second-order valence-corrected chi connectivity index (χ2v) is 6.69. The number of ether oxygens (including phenoxy) is 3. The van der Waals surface area contributed by atoms with E-state index in [1.54, 1.807) is 13.3 Å². The number of hydrogen-bond acceptors (Lipinski definition) is 7. The molecule has 0 aromatic heterocycles. The van der Waals surface area contributed by atoms with Crippen molar-refractivity contribution in [3.8, 4) is 17.2 Å². The fourth-order valence-electron chi connectivity index (χ4n) is 2.52. The molecular weight excluding hydrogens is 378 g/mol. The Bertz CT molecular complexity index is 899. The zero-order valence-electron chi connectivity index (χ0n) is 15.7. The Hall–Kier alpha value is -3.00. The molecule has 8 heteroatoms. The van der Waals surface area contributed by atoms with Crippen LogP contribution in [0.2, 0.25) is 0 Å². The third-order valence-electron chi connectivity index (χ3n) is 3.78. The number of carbonyl (C=O) groups excluding carboxylic acids is 1. The van der Waals surface area contributed by atoms with E-state index in [0.29, 0.717) is 35.6 Å². The Kier molecular flexibility index (Phi) is 6.91. The second kappa shape index (κ2) is 9.80. The normalized spacial score (nSPS) is 15.1. The summed E-state index contributed by atoms with van der Waals surface area (Å²) in [5.74, 6) is 2.41. The van der Waals surface area contributed by atoms with Crippen molar-refractivity contribution in [3.05, 3.63) is 53.6 Å². The van der Waals surface area contributed by atoms with E-state index < -0.39 is 0 Å². The van der Waals surface area contributed by atoms with Crippen molar-refractivity contribution < 1.29 is 19.0 Å². The molecule has 1 saturated heterocycles. The molecule has 2 aromatic carbocycles. The largest absolute Gasteiger partial charge is 0.496 e. The summed E-state index contributed by atoms with van der Waals surface area (Å²) >= 11 is 1.33. The first-order valence-corrected chi connectivity index (χ1v) is 9.73. The topological polar surface area (TPSA) is 81.5 Å². The molecule has 0 unspecified atom stereocenters. The molecule has 3 rings (SSSR count). The molecule has 1 heterocycles.